The van der Waals surface area contributed by atoms with Crippen LogP contribution in [0.2, 0.25) is 0 Å². The molecule has 23 heavy (non-hydrogen) atoms. The van der Waals surface area contributed by atoms with Gasteiger partial charge >= 0.3 is 5.97 Å². The molecule has 0 radical (unpaired) electrons. The number of carbonyl (C=O) groups is 1. The Morgan fingerprint density at radius 2 is 1.61 bits per heavy atom. The summed E-state index contributed by atoms with van der Waals surface area (Å²) in [5, 5.41) is 8.87. The highest BCUT2D eigenvalue weighted by molar-refractivity contribution is 5.69. The monoisotopic (exact) mass is 317 g/mol. The maximum Gasteiger partial charge on any atom is 0.317 e. The van der Waals surface area contributed by atoms with Gasteiger partial charge in [0.05, 0.1) is 6.54 Å². The van der Waals surface area contributed by atoms with Gasteiger partial charge in [-0.25, -0.2) is 0 Å². The Morgan fingerprint density at radius 1 is 0.957 bits per heavy atom. The lowest BCUT2D eigenvalue weighted by Crippen LogP contribution is -2.53. The number of likely N-dealkylation sites (tertiary alicyclic amines) is 1. The Bertz CT molecular complexity index is 492. The van der Waals surface area contributed by atoms with Crippen molar-refractivity contribution in [1.82, 2.24) is 14.7 Å². The number of piperidine rings is 1. The molecule has 0 saturated carbocycles. The third-order valence-electron chi connectivity index (χ3n) is 5.09. The lowest BCUT2D eigenvalue weighted by molar-refractivity contribution is -0.138. The lowest BCUT2D eigenvalue weighted by Gasteiger charge is -2.42. The van der Waals surface area contributed by atoms with Crippen molar-refractivity contribution in [2.45, 2.75) is 25.4 Å². The first kappa shape index (κ1) is 16.4. The van der Waals surface area contributed by atoms with E-state index in [1.807, 2.05) is 0 Å². The Kier molecular flexibility index (Phi) is 5.65. The van der Waals surface area contributed by atoms with E-state index in [0.717, 1.165) is 58.7 Å². The quantitative estimate of drug-likeness (QED) is 0.888. The van der Waals surface area contributed by atoms with Crippen molar-refractivity contribution in [2.75, 3.05) is 45.8 Å². The molecule has 2 aliphatic rings. The molecule has 0 aromatic heterocycles. The maximum atomic E-state index is 10.8. The van der Waals surface area contributed by atoms with Gasteiger partial charge in [0.25, 0.3) is 0 Å². The summed E-state index contributed by atoms with van der Waals surface area (Å²) in [6.07, 6.45) is 2.21. The van der Waals surface area contributed by atoms with Crippen LogP contribution in [0.3, 0.4) is 0 Å². The first-order valence-corrected chi connectivity index (χ1v) is 8.65. The number of carboxylic acids is 1. The molecule has 126 valence electrons. The molecule has 3 rings (SSSR count). The molecule has 2 saturated heterocycles. The van der Waals surface area contributed by atoms with Crippen molar-refractivity contribution in [3.63, 3.8) is 0 Å². The normalized spacial score (nSPS) is 22.3. The van der Waals surface area contributed by atoms with Gasteiger partial charge in [0, 0.05) is 51.9 Å². The number of benzene rings is 1. The second-order valence-corrected chi connectivity index (χ2v) is 6.70. The summed E-state index contributed by atoms with van der Waals surface area (Å²) in [6, 6.07) is 11.3. The molecule has 1 aromatic carbocycles. The zero-order valence-corrected chi connectivity index (χ0v) is 13.7. The minimum Gasteiger partial charge on any atom is -0.480 e. The van der Waals surface area contributed by atoms with Crippen molar-refractivity contribution in [1.29, 1.82) is 0 Å². The Hall–Kier alpha value is -1.43. The van der Waals surface area contributed by atoms with E-state index < -0.39 is 5.97 Å². The van der Waals surface area contributed by atoms with Gasteiger partial charge in [0.1, 0.15) is 0 Å². The van der Waals surface area contributed by atoms with Crippen LogP contribution in [-0.2, 0) is 11.3 Å². The molecule has 0 spiro atoms. The molecule has 0 unspecified atom stereocenters. The molecule has 2 fully saturated rings. The lowest BCUT2D eigenvalue weighted by atomic mass is 10.0. The van der Waals surface area contributed by atoms with E-state index in [4.69, 9.17) is 5.11 Å². The first-order chi connectivity index (χ1) is 11.2. The van der Waals surface area contributed by atoms with Gasteiger partial charge in [-0.2, -0.15) is 0 Å². The predicted molar refractivity (Wildman–Crippen MR) is 90.4 cm³/mol. The average Bonchev–Trinajstić information content (AvgIpc) is 2.57. The number of hydrogen-bond acceptors (Lipinski definition) is 4. The van der Waals surface area contributed by atoms with Gasteiger partial charge in [-0.15, -0.1) is 0 Å². The highest BCUT2D eigenvalue weighted by Crippen LogP contribution is 2.19. The summed E-state index contributed by atoms with van der Waals surface area (Å²) in [4.78, 5) is 18.0. The van der Waals surface area contributed by atoms with E-state index in [2.05, 4.69) is 45.0 Å². The fourth-order valence-corrected chi connectivity index (χ4v) is 3.76. The van der Waals surface area contributed by atoms with Crippen LogP contribution < -0.4 is 0 Å². The molecule has 2 aliphatic heterocycles. The third kappa shape index (κ3) is 4.77. The first-order valence-electron chi connectivity index (χ1n) is 8.65. The number of aliphatic carboxylic acids is 1. The van der Waals surface area contributed by atoms with Gasteiger partial charge in [-0.3, -0.25) is 19.5 Å². The van der Waals surface area contributed by atoms with Crippen LogP contribution in [0.4, 0.5) is 0 Å². The van der Waals surface area contributed by atoms with Crippen molar-refractivity contribution in [2.24, 2.45) is 0 Å². The van der Waals surface area contributed by atoms with Crippen LogP contribution in [0.5, 0.6) is 0 Å². The van der Waals surface area contributed by atoms with Crippen LogP contribution in [0, 0.1) is 0 Å². The van der Waals surface area contributed by atoms with Gasteiger partial charge < -0.3 is 5.11 Å². The van der Waals surface area contributed by atoms with Crippen LogP contribution in [0.1, 0.15) is 18.4 Å². The fourth-order valence-electron chi connectivity index (χ4n) is 3.76. The highest BCUT2D eigenvalue weighted by Gasteiger charge is 2.27. The summed E-state index contributed by atoms with van der Waals surface area (Å²) in [5.74, 6) is -0.710. The molecule has 1 aromatic rings. The molecule has 5 heteroatoms. The largest absolute Gasteiger partial charge is 0.480 e. The molecule has 1 N–H and O–H groups in total. The molecule has 0 bridgehead atoms. The van der Waals surface area contributed by atoms with E-state index in [1.165, 1.54) is 5.56 Å². The third-order valence-corrected chi connectivity index (χ3v) is 5.09. The second kappa shape index (κ2) is 7.90. The van der Waals surface area contributed by atoms with Gasteiger partial charge in [-0.1, -0.05) is 30.3 Å². The highest BCUT2D eigenvalue weighted by atomic mass is 16.4. The number of hydrogen-bond donors (Lipinski definition) is 1. The minimum atomic E-state index is -0.710. The molecule has 5 nitrogen and oxygen atoms in total. The van der Waals surface area contributed by atoms with E-state index in [9.17, 15) is 4.79 Å². The number of nitrogens with zero attached hydrogens (tertiary/aromatic N) is 3. The summed E-state index contributed by atoms with van der Waals surface area (Å²) in [6.45, 7) is 7.60. The summed E-state index contributed by atoms with van der Waals surface area (Å²) in [5.41, 5.74) is 1.39. The SMILES string of the molecule is O=C(O)CN1CCC(N2CCN(Cc3ccccc3)CC2)CC1. The van der Waals surface area contributed by atoms with Crippen molar-refractivity contribution >= 4 is 5.97 Å². The Labute approximate surface area is 138 Å². The number of rotatable bonds is 5. The van der Waals surface area contributed by atoms with E-state index in [1.54, 1.807) is 0 Å². The second-order valence-electron chi connectivity index (χ2n) is 6.70. The van der Waals surface area contributed by atoms with Crippen molar-refractivity contribution in [3.8, 4) is 0 Å². The minimum absolute atomic E-state index is 0.192. The zero-order chi connectivity index (χ0) is 16.1. The molecular weight excluding hydrogens is 290 g/mol. The smallest absolute Gasteiger partial charge is 0.317 e. The van der Waals surface area contributed by atoms with Crippen molar-refractivity contribution in [3.05, 3.63) is 35.9 Å². The summed E-state index contributed by atoms with van der Waals surface area (Å²) in [7, 11) is 0. The van der Waals surface area contributed by atoms with Crippen LogP contribution >= 0.6 is 0 Å². The molecule has 2 heterocycles. The summed E-state index contributed by atoms with van der Waals surface area (Å²) < 4.78 is 0. The Balaban J connectivity index is 1.40. The van der Waals surface area contributed by atoms with E-state index in [0.29, 0.717) is 6.04 Å². The molecule has 0 aliphatic carbocycles. The molecule has 0 atom stereocenters. The molecule has 0 amide bonds. The topological polar surface area (TPSA) is 47.0 Å². The predicted octanol–water partition coefficient (Wildman–Crippen LogP) is 1.35. The van der Waals surface area contributed by atoms with Crippen molar-refractivity contribution < 1.29 is 9.90 Å². The van der Waals surface area contributed by atoms with Gasteiger partial charge in [0.15, 0.2) is 0 Å². The maximum absolute atomic E-state index is 10.8. The Morgan fingerprint density at radius 3 is 2.22 bits per heavy atom. The standard InChI is InChI=1S/C18H27N3O2/c22-18(23)15-19-8-6-17(7-9-19)21-12-10-20(11-13-21)14-16-4-2-1-3-5-16/h1-5,17H,6-15H2,(H,22,23). The van der Waals surface area contributed by atoms with Gasteiger partial charge in [0.2, 0.25) is 0 Å². The van der Waals surface area contributed by atoms with E-state index in [-0.39, 0.29) is 6.54 Å². The van der Waals surface area contributed by atoms with Crippen LogP contribution in [0.25, 0.3) is 0 Å². The van der Waals surface area contributed by atoms with E-state index >= 15 is 0 Å². The molecular formula is C18H27N3O2. The van der Waals surface area contributed by atoms with Gasteiger partial charge in [-0.05, 0) is 18.4 Å². The fraction of sp³-hybridized carbons (Fsp3) is 0.611. The number of carboxylic acid groups (broad SMARTS) is 1. The van der Waals surface area contributed by atoms with Crippen LogP contribution in [-0.4, -0.2) is 77.6 Å². The average molecular weight is 317 g/mol. The van der Waals surface area contributed by atoms with Crippen LogP contribution in [0.15, 0.2) is 30.3 Å². The zero-order valence-electron chi connectivity index (χ0n) is 13.7. The number of piperazine rings is 1. The summed E-state index contributed by atoms with van der Waals surface area (Å²) >= 11 is 0.